The number of benzene rings is 1. The van der Waals surface area contributed by atoms with Gasteiger partial charge < -0.3 is 5.32 Å². The summed E-state index contributed by atoms with van der Waals surface area (Å²) in [5.74, 6) is 0. The summed E-state index contributed by atoms with van der Waals surface area (Å²) in [6, 6.07) is 10.9. The van der Waals surface area contributed by atoms with Crippen molar-refractivity contribution in [3.05, 3.63) is 40.8 Å². The fourth-order valence-corrected chi connectivity index (χ4v) is 4.53. The minimum atomic E-state index is -0.422. The summed E-state index contributed by atoms with van der Waals surface area (Å²) in [6.45, 7) is 4.99. The average molecular weight is 360 g/mol. The van der Waals surface area contributed by atoms with Crippen molar-refractivity contribution >= 4 is 14.3 Å². The van der Waals surface area contributed by atoms with Gasteiger partial charge in [0.25, 0.3) is 0 Å². The van der Waals surface area contributed by atoms with E-state index in [0.29, 0.717) is 6.04 Å². The van der Waals surface area contributed by atoms with Crippen molar-refractivity contribution in [1.29, 1.82) is 0 Å². The van der Waals surface area contributed by atoms with Crippen molar-refractivity contribution in [3.8, 4) is 0 Å². The van der Waals surface area contributed by atoms with Gasteiger partial charge in [-0.25, -0.2) is 0 Å². The molecule has 1 unspecified atom stereocenters. The molecule has 0 amide bonds. The molecule has 1 N–H and O–H groups in total. The van der Waals surface area contributed by atoms with Crippen LogP contribution in [0.25, 0.3) is 0 Å². The Morgan fingerprint density at radius 1 is 1.28 bits per heavy atom. The number of rotatable bonds is 7. The molecule has 136 valence electrons. The van der Waals surface area contributed by atoms with E-state index in [0.717, 1.165) is 52.0 Å². The van der Waals surface area contributed by atoms with Gasteiger partial charge >= 0.3 is 0 Å². The number of likely N-dealkylation sites (tertiary alicyclic amines) is 2. The van der Waals surface area contributed by atoms with Crippen molar-refractivity contribution in [3.63, 3.8) is 0 Å². The third-order valence-electron chi connectivity index (χ3n) is 5.70. The monoisotopic (exact) mass is 360 g/mol. The summed E-state index contributed by atoms with van der Waals surface area (Å²) in [5.41, 5.74) is 2.03. The number of hydrogen-bond acceptors (Lipinski definition) is 4. The first-order valence-corrected chi connectivity index (χ1v) is 9.75. The Kier molecular flexibility index (Phi) is 6.34. The number of likely N-dealkylation sites (N-methyl/N-ethyl adjacent to an activating group) is 1. The number of nitrogens with zero attached hydrogens (tertiary/aromatic N) is 3. The second-order valence-electron chi connectivity index (χ2n) is 7.38. The Hall–Kier alpha value is -1.13. The molecule has 0 aromatic heterocycles. The van der Waals surface area contributed by atoms with Crippen LogP contribution in [0.4, 0.5) is 0 Å². The third kappa shape index (κ3) is 4.53. The minimum absolute atomic E-state index is 0.422. The van der Waals surface area contributed by atoms with Gasteiger partial charge in [0.2, 0.25) is 0 Å². The molecule has 1 atom stereocenters. The van der Waals surface area contributed by atoms with Crippen molar-refractivity contribution in [2.75, 3.05) is 39.8 Å². The van der Waals surface area contributed by atoms with Crippen molar-refractivity contribution in [2.24, 2.45) is 5.18 Å². The molecule has 0 saturated carbocycles. The van der Waals surface area contributed by atoms with Crippen LogP contribution in [0.1, 0.15) is 24.8 Å². The summed E-state index contributed by atoms with van der Waals surface area (Å²) < 4.78 is 0. The molecule has 0 spiro atoms. The maximum absolute atomic E-state index is 11.6. The van der Waals surface area contributed by atoms with Crippen LogP contribution in [0.15, 0.2) is 35.5 Å². The first-order chi connectivity index (χ1) is 12.2. The van der Waals surface area contributed by atoms with E-state index < -0.39 is 5.54 Å². The zero-order valence-corrected chi connectivity index (χ0v) is 16.1. The van der Waals surface area contributed by atoms with Crippen molar-refractivity contribution < 1.29 is 0 Å². The molecule has 0 radical (unpaired) electrons. The van der Waals surface area contributed by atoms with Crippen LogP contribution in [0, 0.1) is 4.91 Å². The molecule has 1 aromatic rings. The Balaban J connectivity index is 1.54. The van der Waals surface area contributed by atoms with Crippen LogP contribution in [0.5, 0.6) is 0 Å². The molecule has 2 fully saturated rings. The lowest BCUT2D eigenvalue weighted by Gasteiger charge is -2.40. The molecule has 25 heavy (non-hydrogen) atoms. The second kappa shape index (κ2) is 8.50. The van der Waals surface area contributed by atoms with E-state index in [1.165, 1.54) is 17.4 Å². The quantitative estimate of drug-likeness (QED) is 0.599. The van der Waals surface area contributed by atoms with Gasteiger partial charge in [0, 0.05) is 50.6 Å². The summed E-state index contributed by atoms with van der Waals surface area (Å²) in [6.07, 6.45) is 3.69. The van der Waals surface area contributed by atoms with E-state index in [9.17, 15) is 4.91 Å². The van der Waals surface area contributed by atoms with Crippen LogP contribution in [-0.4, -0.2) is 66.6 Å². The van der Waals surface area contributed by atoms with E-state index in [-0.39, 0.29) is 0 Å². The zero-order valence-electron chi connectivity index (χ0n) is 15.1. The molecule has 2 aliphatic rings. The van der Waals surface area contributed by atoms with E-state index in [4.69, 9.17) is 0 Å². The summed E-state index contributed by atoms with van der Waals surface area (Å²) >= 11 is 0. The molecule has 3 rings (SSSR count). The summed E-state index contributed by atoms with van der Waals surface area (Å²) in [5, 5.41) is 6.79. The van der Waals surface area contributed by atoms with Crippen LogP contribution < -0.4 is 5.32 Å². The second-order valence-corrected chi connectivity index (χ2v) is 7.96. The predicted molar refractivity (Wildman–Crippen MR) is 107 cm³/mol. The first-order valence-electron chi connectivity index (χ1n) is 9.25. The van der Waals surface area contributed by atoms with Crippen LogP contribution in [0.3, 0.4) is 0 Å². The normalized spacial score (nSPS) is 24.3. The molecule has 0 bridgehead atoms. The number of hydrogen-bond donors (Lipinski definition) is 1. The highest BCUT2D eigenvalue weighted by Crippen LogP contribution is 2.32. The van der Waals surface area contributed by atoms with E-state index in [1.807, 2.05) is 25.2 Å². The Morgan fingerprint density at radius 2 is 2.00 bits per heavy atom. The van der Waals surface area contributed by atoms with Crippen LogP contribution in [-0.2, 0) is 6.42 Å². The van der Waals surface area contributed by atoms with Gasteiger partial charge in [0.1, 0.15) is 5.54 Å². The minimum Gasteiger partial charge on any atom is -0.314 e. The topological polar surface area (TPSA) is 47.9 Å². The summed E-state index contributed by atoms with van der Waals surface area (Å²) in [7, 11) is 5.71. The lowest BCUT2D eigenvalue weighted by Crippen LogP contribution is -2.49. The van der Waals surface area contributed by atoms with E-state index in [2.05, 4.69) is 41.3 Å². The maximum Gasteiger partial charge on any atom is 0.109 e. The lowest BCUT2D eigenvalue weighted by molar-refractivity contribution is 0.121. The Labute approximate surface area is 153 Å². The zero-order chi connectivity index (χ0) is 17.7. The standard InChI is InChI=1S/C19H29N4OP/c1-20-14-18(25)23-10-7-17(15-23)22-11-8-19(21-24,9-12-22)13-16-5-3-2-4-6-16/h2-6,17,20,25H,7-15H2,1H3. The van der Waals surface area contributed by atoms with Gasteiger partial charge in [-0.05, 0) is 31.9 Å². The SMILES string of the molecule is CNCC(=P)N1CCC(N2CCC(Cc3ccccc3)(N=O)CC2)C1. The van der Waals surface area contributed by atoms with Gasteiger partial charge in [-0.3, -0.25) is 9.80 Å². The number of nitrogens with one attached hydrogen (secondary N) is 1. The highest BCUT2D eigenvalue weighted by Gasteiger charge is 2.39. The van der Waals surface area contributed by atoms with E-state index >= 15 is 0 Å². The molecule has 0 aliphatic carbocycles. The van der Waals surface area contributed by atoms with Gasteiger partial charge in [0.15, 0.2) is 0 Å². The largest absolute Gasteiger partial charge is 0.314 e. The molecule has 1 aromatic carbocycles. The van der Waals surface area contributed by atoms with Crippen molar-refractivity contribution in [1.82, 2.24) is 15.1 Å². The van der Waals surface area contributed by atoms with E-state index in [1.54, 1.807) is 0 Å². The molecule has 5 nitrogen and oxygen atoms in total. The number of piperidine rings is 1. The average Bonchev–Trinajstić information content (AvgIpc) is 3.14. The molecule has 2 saturated heterocycles. The van der Waals surface area contributed by atoms with Gasteiger partial charge in [-0.1, -0.05) is 35.5 Å². The van der Waals surface area contributed by atoms with Gasteiger partial charge in [-0.2, -0.15) is 4.91 Å². The van der Waals surface area contributed by atoms with Crippen molar-refractivity contribution in [2.45, 2.75) is 37.3 Å². The van der Waals surface area contributed by atoms with Crippen LogP contribution >= 0.6 is 8.86 Å². The fourth-order valence-electron chi connectivity index (χ4n) is 4.15. The predicted octanol–water partition coefficient (Wildman–Crippen LogP) is 2.40. The van der Waals surface area contributed by atoms with Gasteiger partial charge in [-0.15, -0.1) is 8.86 Å². The highest BCUT2D eigenvalue weighted by atomic mass is 31.0. The smallest absolute Gasteiger partial charge is 0.109 e. The first kappa shape index (κ1) is 18.7. The third-order valence-corrected chi connectivity index (χ3v) is 6.20. The Bertz CT molecular complexity index is 586. The Morgan fingerprint density at radius 3 is 2.64 bits per heavy atom. The molecule has 2 aliphatic heterocycles. The molecular formula is C19H29N4OP. The van der Waals surface area contributed by atoms with Gasteiger partial charge in [0.05, 0.1) is 0 Å². The number of nitroso groups, excluding NO2 is 1. The van der Waals surface area contributed by atoms with Crippen LogP contribution in [0.2, 0.25) is 0 Å². The fraction of sp³-hybridized carbons (Fsp3) is 0.632. The molecule has 6 heteroatoms. The maximum atomic E-state index is 11.6. The summed E-state index contributed by atoms with van der Waals surface area (Å²) in [4.78, 5) is 16.6. The molecule has 2 heterocycles. The molecular weight excluding hydrogens is 331 g/mol. The highest BCUT2D eigenvalue weighted by molar-refractivity contribution is 7.21. The lowest BCUT2D eigenvalue weighted by atomic mass is 9.82.